The highest BCUT2D eigenvalue weighted by Gasteiger charge is 2.50. The van der Waals surface area contributed by atoms with Gasteiger partial charge < -0.3 is 14.6 Å². The van der Waals surface area contributed by atoms with E-state index in [0.717, 1.165) is 18.4 Å². The van der Waals surface area contributed by atoms with Crippen molar-refractivity contribution in [1.82, 2.24) is 0 Å². The number of carbonyl (C=O) groups excluding carboxylic acids is 1. The fraction of sp³-hybridized carbons (Fsp3) is 0.619. The lowest BCUT2D eigenvalue weighted by molar-refractivity contribution is -0.136. The predicted molar refractivity (Wildman–Crippen MR) is 99.7 cm³/mol. The van der Waals surface area contributed by atoms with E-state index in [-0.39, 0.29) is 23.6 Å². The first-order chi connectivity index (χ1) is 12.3. The smallest absolute Gasteiger partial charge is 0.333 e. The molecule has 5 heteroatoms. The SMILES string of the molecule is COC(=O)/C1=C\C=C(\C(C)C)CC/C(C(=O)O)=C/CC[C@]2(C)O[C@@H]2CC1. The van der Waals surface area contributed by atoms with Crippen molar-refractivity contribution >= 4 is 11.9 Å². The lowest BCUT2D eigenvalue weighted by Gasteiger charge is -2.13. The molecule has 0 amide bonds. The number of allylic oxidation sites excluding steroid dienone is 4. The number of carbonyl (C=O) groups is 2. The molecule has 2 atom stereocenters. The number of carboxylic acid groups (broad SMARTS) is 1. The number of esters is 1. The minimum atomic E-state index is -0.857. The molecule has 0 aromatic rings. The summed E-state index contributed by atoms with van der Waals surface area (Å²) in [6, 6.07) is 0. The second-order valence-electron chi connectivity index (χ2n) is 7.61. The minimum absolute atomic E-state index is 0.105. The summed E-state index contributed by atoms with van der Waals surface area (Å²) in [5, 5.41) is 9.46. The van der Waals surface area contributed by atoms with Crippen molar-refractivity contribution in [2.45, 2.75) is 71.0 Å². The molecule has 0 spiro atoms. The highest BCUT2D eigenvalue weighted by Crippen LogP contribution is 2.43. The first-order valence-electron chi connectivity index (χ1n) is 9.35. The Hall–Kier alpha value is -1.88. The third-order valence-electron chi connectivity index (χ3n) is 5.39. The number of aliphatic carboxylic acids is 1. The molecule has 1 N–H and O–H groups in total. The second kappa shape index (κ2) is 8.67. The van der Waals surface area contributed by atoms with E-state index in [9.17, 15) is 14.7 Å². The van der Waals surface area contributed by atoms with Crippen molar-refractivity contribution in [1.29, 1.82) is 0 Å². The quantitative estimate of drug-likeness (QED) is 0.602. The number of ether oxygens (including phenoxy) is 2. The van der Waals surface area contributed by atoms with Crippen molar-refractivity contribution in [2.75, 3.05) is 7.11 Å². The molecule has 0 radical (unpaired) electrons. The van der Waals surface area contributed by atoms with Gasteiger partial charge >= 0.3 is 11.9 Å². The molecule has 0 aromatic carbocycles. The Bertz CT molecular complexity index is 641. The Morgan fingerprint density at radius 3 is 2.58 bits per heavy atom. The molecule has 1 heterocycles. The fourth-order valence-electron chi connectivity index (χ4n) is 3.43. The third-order valence-corrected chi connectivity index (χ3v) is 5.39. The number of carboxylic acids is 1. The van der Waals surface area contributed by atoms with Crippen molar-refractivity contribution in [2.24, 2.45) is 5.92 Å². The van der Waals surface area contributed by atoms with Gasteiger partial charge in [-0.2, -0.15) is 0 Å². The molecule has 0 saturated carbocycles. The van der Waals surface area contributed by atoms with E-state index in [1.165, 1.54) is 7.11 Å². The number of rotatable bonds is 3. The first-order valence-corrected chi connectivity index (χ1v) is 9.35. The number of fused-ring (bicyclic) bond motifs is 1. The Kier molecular flexibility index (Phi) is 6.81. The Morgan fingerprint density at radius 1 is 1.23 bits per heavy atom. The van der Waals surface area contributed by atoms with E-state index < -0.39 is 5.97 Å². The van der Waals surface area contributed by atoms with Crippen molar-refractivity contribution in [3.05, 3.63) is 34.9 Å². The summed E-state index contributed by atoms with van der Waals surface area (Å²) in [7, 11) is 1.39. The molecule has 0 unspecified atom stereocenters. The van der Waals surface area contributed by atoms with E-state index in [2.05, 4.69) is 20.8 Å². The van der Waals surface area contributed by atoms with Crippen LogP contribution in [0.5, 0.6) is 0 Å². The van der Waals surface area contributed by atoms with Gasteiger partial charge in [-0.25, -0.2) is 9.59 Å². The second-order valence-corrected chi connectivity index (χ2v) is 7.61. The summed E-state index contributed by atoms with van der Waals surface area (Å²) in [6.07, 6.45) is 9.74. The lowest BCUT2D eigenvalue weighted by atomic mass is 9.92. The summed E-state index contributed by atoms with van der Waals surface area (Å²) in [5.74, 6) is -0.891. The van der Waals surface area contributed by atoms with Crippen LogP contribution in [0, 0.1) is 5.92 Å². The van der Waals surface area contributed by atoms with Crippen LogP contribution in [0.4, 0.5) is 0 Å². The van der Waals surface area contributed by atoms with Gasteiger partial charge in [0.05, 0.1) is 18.8 Å². The number of methoxy groups -OCH3 is 1. The van der Waals surface area contributed by atoms with E-state index >= 15 is 0 Å². The Labute approximate surface area is 155 Å². The van der Waals surface area contributed by atoms with Crippen LogP contribution < -0.4 is 0 Å². The van der Waals surface area contributed by atoms with Gasteiger partial charge in [0.15, 0.2) is 0 Å². The maximum absolute atomic E-state index is 12.1. The average Bonchev–Trinajstić information content (AvgIpc) is 3.23. The monoisotopic (exact) mass is 362 g/mol. The molecule has 2 rings (SSSR count). The fourth-order valence-corrected chi connectivity index (χ4v) is 3.43. The van der Waals surface area contributed by atoms with E-state index in [4.69, 9.17) is 9.47 Å². The van der Waals surface area contributed by atoms with Gasteiger partial charge in [-0.15, -0.1) is 0 Å². The van der Waals surface area contributed by atoms with Crippen LogP contribution in [0.1, 0.15) is 59.3 Å². The normalized spacial score (nSPS) is 33.4. The van der Waals surface area contributed by atoms with Crippen LogP contribution in [0.15, 0.2) is 34.9 Å². The highest BCUT2D eigenvalue weighted by molar-refractivity contribution is 5.88. The largest absolute Gasteiger partial charge is 0.478 e. The third kappa shape index (κ3) is 5.31. The van der Waals surface area contributed by atoms with Crippen molar-refractivity contribution in [3.63, 3.8) is 0 Å². The topological polar surface area (TPSA) is 76.1 Å². The van der Waals surface area contributed by atoms with Gasteiger partial charge in [0.2, 0.25) is 0 Å². The van der Waals surface area contributed by atoms with Gasteiger partial charge in [-0.3, -0.25) is 0 Å². The molecule has 1 fully saturated rings. The minimum Gasteiger partial charge on any atom is -0.478 e. The van der Waals surface area contributed by atoms with Gasteiger partial charge in [0.1, 0.15) is 0 Å². The van der Waals surface area contributed by atoms with Crippen LogP contribution >= 0.6 is 0 Å². The maximum atomic E-state index is 12.1. The molecule has 2 aliphatic rings. The zero-order chi connectivity index (χ0) is 19.3. The van der Waals surface area contributed by atoms with E-state index in [0.29, 0.717) is 36.8 Å². The summed E-state index contributed by atoms with van der Waals surface area (Å²) >= 11 is 0. The predicted octanol–water partition coefficient (Wildman–Crippen LogP) is 4.19. The standard InChI is InChI=1S/C21H30O5/c1-14(2)15-7-9-16(19(22)23)6-5-13-21(3)18(26-21)12-11-17(10-8-15)20(24)25-4/h6,8,10,14,18H,5,7,9,11-13H2,1-4H3,(H,22,23)/b15-8+,16-6-,17-10-/t18-,21+/m1/s1. The Balaban J connectivity index is 2.30. The molecular formula is C21H30O5. The van der Waals surface area contributed by atoms with Crippen molar-refractivity contribution in [3.8, 4) is 0 Å². The molecule has 26 heavy (non-hydrogen) atoms. The van der Waals surface area contributed by atoms with Crippen LogP contribution in [0.25, 0.3) is 0 Å². The van der Waals surface area contributed by atoms with Crippen molar-refractivity contribution < 1.29 is 24.2 Å². The number of epoxide rings is 1. The molecule has 144 valence electrons. The Morgan fingerprint density at radius 2 is 1.96 bits per heavy atom. The molecule has 1 aliphatic heterocycles. The van der Waals surface area contributed by atoms with E-state index in [1.807, 2.05) is 18.2 Å². The maximum Gasteiger partial charge on any atom is 0.333 e. The van der Waals surface area contributed by atoms with E-state index in [1.54, 1.807) is 0 Å². The molecule has 5 nitrogen and oxygen atoms in total. The molecular weight excluding hydrogens is 332 g/mol. The zero-order valence-corrected chi connectivity index (χ0v) is 16.2. The van der Waals surface area contributed by atoms with Crippen LogP contribution in [0.2, 0.25) is 0 Å². The van der Waals surface area contributed by atoms with Gasteiger partial charge in [0.25, 0.3) is 0 Å². The molecule has 1 aliphatic carbocycles. The lowest BCUT2D eigenvalue weighted by Crippen LogP contribution is -2.12. The van der Waals surface area contributed by atoms with Crippen LogP contribution in [0.3, 0.4) is 0 Å². The highest BCUT2D eigenvalue weighted by atomic mass is 16.6. The van der Waals surface area contributed by atoms with Crippen LogP contribution in [-0.4, -0.2) is 35.9 Å². The first kappa shape index (κ1) is 20.4. The number of hydrogen-bond donors (Lipinski definition) is 1. The summed E-state index contributed by atoms with van der Waals surface area (Å²) < 4.78 is 10.7. The molecule has 1 saturated heterocycles. The van der Waals surface area contributed by atoms with Gasteiger partial charge in [-0.1, -0.05) is 37.6 Å². The zero-order valence-electron chi connectivity index (χ0n) is 16.2. The average molecular weight is 362 g/mol. The van der Waals surface area contributed by atoms with Crippen LogP contribution in [-0.2, 0) is 19.1 Å². The summed E-state index contributed by atoms with van der Waals surface area (Å²) in [6.45, 7) is 6.21. The van der Waals surface area contributed by atoms with Gasteiger partial charge in [-0.05, 0) is 51.4 Å². The molecule has 0 bridgehead atoms. The van der Waals surface area contributed by atoms with Gasteiger partial charge in [0, 0.05) is 11.1 Å². The summed E-state index contributed by atoms with van der Waals surface area (Å²) in [5.41, 5.74) is 1.99. The summed E-state index contributed by atoms with van der Waals surface area (Å²) in [4.78, 5) is 23.6. The molecule has 0 aromatic heterocycles. The number of hydrogen-bond acceptors (Lipinski definition) is 4.